The fourth-order valence-corrected chi connectivity index (χ4v) is 3.67. The van der Waals surface area contributed by atoms with E-state index in [0.717, 1.165) is 43.7 Å². The van der Waals surface area contributed by atoms with Crippen LogP contribution in [-0.2, 0) is 0 Å². The number of aromatic nitrogens is 2. The molecule has 7 heteroatoms. The van der Waals surface area contributed by atoms with Gasteiger partial charge in [0.2, 0.25) is 0 Å². The van der Waals surface area contributed by atoms with Gasteiger partial charge in [0.15, 0.2) is 5.82 Å². The van der Waals surface area contributed by atoms with Crippen molar-refractivity contribution in [2.75, 3.05) is 50.1 Å². The molecule has 1 aliphatic rings. The summed E-state index contributed by atoms with van der Waals surface area (Å²) in [6.45, 7) is 7.47. The Balaban J connectivity index is 1.67. The van der Waals surface area contributed by atoms with Gasteiger partial charge in [-0.05, 0) is 51.0 Å². The number of nitrogens with zero attached hydrogens (tertiary/aromatic N) is 5. The van der Waals surface area contributed by atoms with Crippen molar-refractivity contribution in [3.05, 3.63) is 42.2 Å². The maximum atomic E-state index is 13.0. The summed E-state index contributed by atoms with van der Waals surface area (Å²) in [6, 6.07) is 7.91. The van der Waals surface area contributed by atoms with Crippen molar-refractivity contribution >= 4 is 17.4 Å². The van der Waals surface area contributed by atoms with Crippen LogP contribution in [0.3, 0.4) is 0 Å². The number of ether oxygens (including phenoxy) is 1. The molecule has 2 aromatic rings. The highest BCUT2D eigenvalue weighted by molar-refractivity contribution is 5.94. The summed E-state index contributed by atoms with van der Waals surface area (Å²) in [5.41, 5.74) is 1.86. The van der Waals surface area contributed by atoms with E-state index in [9.17, 15) is 4.79 Å². The van der Waals surface area contributed by atoms with E-state index in [1.165, 1.54) is 0 Å². The second-order valence-corrected chi connectivity index (χ2v) is 7.43. The van der Waals surface area contributed by atoms with Crippen molar-refractivity contribution in [1.82, 2.24) is 14.9 Å². The van der Waals surface area contributed by atoms with Gasteiger partial charge in [-0.1, -0.05) is 0 Å². The summed E-state index contributed by atoms with van der Waals surface area (Å²) in [6.07, 6.45) is 5.00. The van der Waals surface area contributed by atoms with E-state index in [1.54, 1.807) is 12.4 Å². The van der Waals surface area contributed by atoms with Crippen LogP contribution in [0.2, 0.25) is 0 Å². The number of amides is 1. The predicted molar refractivity (Wildman–Crippen MR) is 116 cm³/mol. The molecule has 1 fully saturated rings. The van der Waals surface area contributed by atoms with E-state index in [4.69, 9.17) is 4.74 Å². The monoisotopic (exact) mass is 397 g/mol. The average molecular weight is 398 g/mol. The molecule has 0 bridgehead atoms. The molecule has 0 spiro atoms. The van der Waals surface area contributed by atoms with Gasteiger partial charge < -0.3 is 19.4 Å². The number of carbonyl (C=O) groups excluding carboxylic acids is 1. The maximum absolute atomic E-state index is 13.0. The molecule has 1 aromatic carbocycles. The first kappa shape index (κ1) is 20.9. The Morgan fingerprint density at radius 3 is 2.48 bits per heavy atom. The molecule has 2 heterocycles. The maximum Gasteiger partial charge on any atom is 0.257 e. The summed E-state index contributed by atoms with van der Waals surface area (Å²) in [4.78, 5) is 27.7. The van der Waals surface area contributed by atoms with Crippen LogP contribution in [0, 0.1) is 0 Å². The first-order valence-corrected chi connectivity index (χ1v) is 10.3. The summed E-state index contributed by atoms with van der Waals surface area (Å²) in [7, 11) is 3.82. The van der Waals surface area contributed by atoms with Crippen molar-refractivity contribution in [3.8, 4) is 5.88 Å². The third kappa shape index (κ3) is 4.96. The quantitative estimate of drug-likeness (QED) is 0.716. The van der Waals surface area contributed by atoms with Gasteiger partial charge in [-0.2, -0.15) is 0 Å². The lowest BCUT2D eigenvalue weighted by atomic mass is 10.1. The highest BCUT2D eigenvalue weighted by atomic mass is 16.5. The average Bonchev–Trinajstić information content (AvgIpc) is 2.75. The minimum Gasteiger partial charge on any atom is -0.470 e. The highest BCUT2D eigenvalue weighted by Crippen LogP contribution is 2.25. The Bertz CT molecular complexity index is 805. The van der Waals surface area contributed by atoms with Crippen LogP contribution in [-0.4, -0.2) is 67.2 Å². The standard InChI is InChI=1S/C22H31N5O2/c1-5-26(6-2)18-11-9-17(10-12-18)22(28)27-15-7-8-19(16-27)29-21-20(25(3)4)23-13-14-24-21/h9-14,19H,5-8,15-16H2,1-4H3. The van der Waals surface area contributed by atoms with Crippen molar-refractivity contribution in [3.63, 3.8) is 0 Å². The number of benzene rings is 1. The first-order valence-electron chi connectivity index (χ1n) is 10.3. The zero-order valence-corrected chi connectivity index (χ0v) is 17.8. The lowest BCUT2D eigenvalue weighted by Gasteiger charge is -2.33. The summed E-state index contributed by atoms with van der Waals surface area (Å²) in [5, 5.41) is 0. The molecule has 156 valence electrons. The Labute approximate surface area is 173 Å². The molecule has 1 aromatic heterocycles. The van der Waals surface area contributed by atoms with E-state index >= 15 is 0 Å². The molecule has 0 N–H and O–H groups in total. The van der Waals surface area contributed by atoms with Crippen LogP contribution in [0.15, 0.2) is 36.7 Å². The summed E-state index contributed by atoms with van der Waals surface area (Å²) >= 11 is 0. The Hall–Kier alpha value is -2.83. The van der Waals surface area contributed by atoms with E-state index in [2.05, 4.69) is 28.7 Å². The van der Waals surface area contributed by atoms with E-state index in [1.807, 2.05) is 48.2 Å². The molecule has 3 rings (SSSR count). The van der Waals surface area contributed by atoms with E-state index < -0.39 is 0 Å². The topological polar surface area (TPSA) is 61.8 Å². The first-order chi connectivity index (χ1) is 14.0. The Morgan fingerprint density at radius 1 is 1.14 bits per heavy atom. The second-order valence-electron chi connectivity index (χ2n) is 7.43. The van der Waals surface area contributed by atoms with Crippen LogP contribution < -0.4 is 14.5 Å². The SMILES string of the molecule is CCN(CC)c1ccc(C(=O)N2CCCC(Oc3nccnc3N(C)C)C2)cc1. The molecule has 0 saturated carbocycles. The fourth-order valence-electron chi connectivity index (χ4n) is 3.67. The van der Waals surface area contributed by atoms with E-state index in [0.29, 0.717) is 18.2 Å². The predicted octanol–water partition coefficient (Wildman–Crippen LogP) is 3.07. The van der Waals surface area contributed by atoms with Crippen molar-refractivity contribution in [2.45, 2.75) is 32.8 Å². The third-order valence-corrected chi connectivity index (χ3v) is 5.26. The highest BCUT2D eigenvalue weighted by Gasteiger charge is 2.27. The molecule has 1 atom stereocenters. The Kier molecular flexibility index (Phi) is 6.90. The van der Waals surface area contributed by atoms with Crippen LogP contribution >= 0.6 is 0 Å². The van der Waals surface area contributed by atoms with Gasteiger partial charge in [0, 0.05) is 57.4 Å². The van der Waals surface area contributed by atoms with Crippen LogP contribution in [0.1, 0.15) is 37.0 Å². The summed E-state index contributed by atoms with van der Waals surface area (Å²) < 4.78 is 6.13. The van der Waals surface area contributed by atoms with Gasteiger partial charge in [0.25, 0.3) is 11.8 Å². The van der Waals surface area contributed by atoms with Crippen LogP contribution in [0.25, 0.3) is 0 Å². The van der Waals surface area contributed by atoms with Crippen molar-refractivity contribution in [1.29, 1.82) is 0 Å². The number of hydrogen-bond acceptors (Lipinski definition) is 6. The second kappa shape index (κ2) is 9.58. The van der Waals surface area contributed by atoms with Gasteiger partial charge in [-0.15, -0.1) is 0 Å². The van der Waals surface area contributed by atoms with Gasteiger partial charge in [-0.25, -0.2) is 9.97 Å². The number of rotatable bonds is 7. The molecule has 1 saturated heterocycles. The molecule has 7 nitrogen and oxygen atoms in total. The molecular formula is C22H31N5O2. The minimum atomic E-state index is -0.0851. The minimum absolute atomic E-state index is 0.0522. The molecule has 1 unspecified atom stereocenters. The lowest BCUT2D eigenvalue weighted by Crippen LogP contribution is -2.44. The van der Waals surface area contributed by atoms with Gasteiger partial charge in [0.1, 0.15) is 6.10 Å². The number of carbonyl (C=O) groups is 1. The number of likely N-dealkylation sites (tertiary alicyclic amines) is 1. The zero-order valence-electron chi connectivity index (χ0n) is 17.8. The lowest BCUT2D eigenvalue weighted by molar-refractivity contribution is 0.0528. The fraction of sp³-hybridized carbons (Fsp3) is 0.500. The van der Waals surface area contributed by atoms with Crippen molar-refractivity contribution < 1.29 is 9.53 Å². The molecule has 0 radical (unpaired) electrons. The molecule has 29 heavy (non-hydrogen) atoms. The molecule has 0 aliphatic carbocycles. The molecular weight excluding hydrogens is 366 g/mol. The number of hydrogen-bond donors (Lipinski definition) is 0. The smallest absolute Gasteiger partial charge is 0.257 e. The van der Waals surface area contributed by atoms with Crippen molar-refractivity contribution in [2.24, 2.45) is 0 Å². The van der Waals surface area contributed by atoms with Gasteiger partial charge in [-0.3, -0.25) is 4.79 Å². The Morgan fingerprint density at radius 2 is 1.83 bits per heavy atom. The third-order valence-electron chi connectivity index (χ3n) is 5.26. The number of piperidine rings is 1. The zero-order chi connectivity index (χ0) is 20.8. The van der Waals surface area contributed by atoms with Crippen LogP contribution in [0.4, 0.5) is 11.5 Å². The number of anilines is 2. The summed E-state index contributed by atoms with van der Waals surface area (Å²) in [5.74, 6) is 1.26. The normalized spacial score (nSPS) is 16.4. The van der Waals surface area contributed by atoms with Gasteiger partial charge in [0.05, 0.1) is 6.54 Å². The van der Waals surface area contributed by atoms with Gasteiger partial charge >= 0.3 is 0 Å². The largest absolute Gasteiger partial charge is 0.470 e. The van der Waals surface area contributed by atoms with Crippen LogP contribution in [0.5, 0.6) is 5.88 Å². The van der Waals surface area contributed by atoms with E-state index in [-0.39, 0.29) is 12.0 Å². The molecule has 1 amide bonds. The molecule has 1 aliphatic heterocycles.